The number of halogens is 1. The Bertz CT molecular complexity index is 988. The van der Waals surface area contributed by atoms with Crippen LogP contribution in [0.5, 0.6) is 0 Å². The number of allylic oxidation sites excluding steroid dienone is 6. The first kappa shape index (κ1) is 43.2. The van der Waals surface area contributed by atoms with Crippen molar-refractivity contribution >= 4 is 11.6 Å². The van der Waals surface area contributed by atoms with Crippen molar-refractivity contribution in [1.29, 1.82) is 0 Å². The molecule has 6 heteroatoms. The van der Waals surface area contributed by atoms with Gasteiger partial charge >= 0.3 is 0 Å². The van der Waals surface area contributed by atoms with Crippen LogP contribution in [0.25, 0.3) is 0 Å². The van der Waals surface area contributed by atoms with Crippen molar-refractivity contribution in [3.63, 3.8) is 0 Å². The number of hydrogen-bond donors (Lipinski definition) is 3. The standard InChI is InChI=1S/C41H72ClN5/c1-7-12-14-19-40(36(6)9-3)32-44-27-30-47(31-28-45-33-41(43)20-15-13-8-2)35-39-23-21-38(22-24-39)34-46(11-5)29-25-37(10-4)18-16-17-26-42/h7-8,12,18,20,23,36,38,40,44-45H,2,9-11,14,16-17,19,21-22,24-35,43H2,1,3-6H3/b12-7-,37-18+,41-20-. The maximum absolute atomic E-state index is 6.12. The van der Waals surface area contributed by atoms with E-state index in [4.69, 9.17) is 17.3 Å². The highest BCUT2D eigenvalue weighted by Crippen LogP contribution is 2.26. The lowest BCUT2D eigenvalue weighted by molar-refractivity contribution is 0.229. The number of nitrogens with zero attached hydrogens (tertiary/aromatic N) is 2. The minimum Gasteiger partial charge on any atom is -0.400 e. The van der Waals surface area contributed by atoms with E-state index in [2.05, 4.69) is 97.8 Å². The highest BCUT2D eigenvalue weighted by molar-refractivity contribution is 6.17. The first-order valence-electron chi connectivity index (χ1n) is 18.9. The lowest BCUT2D eigenvalue weighted by atomic mass is 9.87. The van der Waals surface area contributed by atoms with Crippen LogP contribution < -0.4 is 16.4 Å². The van der Waals surface area contributed by atoms with Crippen molar-refractivity contribution in [3.05, 3.63) is 59.9 Å². The number of rotatable bonds is 27. The number of nitrogens with two attached hydrogens (primary N) is 1. The first-order chi connectivity index (χ1) is 22.9. The summed E-state index contributed by atoms with van der Waals surface area (Å²) in [5.74, 6) is 8.74. The molecule has 1 aliphatic rings. The molecule has 0 aromatic carbocycles. The fraction of sp³-hybridized carbons (Fsp3) is 0.707. The van der Waals surface area contributed by atoms with Crippen LogP contribution >= 0.6 is 11.6 Å². The first-order valence-corrected chi connectivity index (χ1v) is 19.4. The molecule has 0 fully saturated rings. The molecule has 3 atom stereocenters. The molecule has 1 rings (SSSR count). The molecule has 268 valence electrons. The average molecular weight is 671 g/mol. The molecule has 4 N–H and O–H groups in total. The summed E-state index contributed by atoms with van der Waals surface area (Å²) in [5.41, 5.74) is 10.1. The summed E-state index contributed by atoms with van der Waals surface area (Å²) in [4.78, 5) is 5.30. The van der Waals surface area contributed by atoms with Crippen molar-refractivity contribution in [2.24, 2.45) is 23.5 Å². The summed E-state index contributed by atoms with van der Waals surface area (Å²) in [7, 11) is 0. The second-order valence-corrected chi connectivity index (χ2v) is 13.7. The molecule has 0 aliphatic heterocycles. The molecule has 0 amide bonds. The third-order valence-electron chi connectivity index (χ3n) is 9.75. The Kier molecular flexibility index (Phi) is 26.8. The van der Waals surface area contributed by atoms with E-state index in [-0.39, 0.29) is 0 Å². The third kappa shape index (κ3) is 21.7. The van der Waals surface area contributed by atoms with Gasteiger partial charge in [-0.1, -0.05) is 88.0 Å². The zero-order chi connectivity index (χ0) is 34.5. The highest BCUT2D eigenvalue weighted by Gasteiger charge is 2.19. The van der Waals surface area contributed by atoms with Crippen LogP contribution in [0.3, 0.4) is 0 Å². The van der Waals surface area contributed by atoms with Crippen LogP contribution in [0.2, 0.25) is 0 Å². The van der Waals surface area contributed by atoms with Crippen molar-refractivity contribution in [3.8, 4) is 11.8 Å². The van der Waals surface area contributed by atoms with Gasteiger partial charge in [0.15, 0.2) is 0 Å². The van der Waals surface area contributed by atoms with E-state index in [1.165, 1.54) is 58.0 Å². The minimum absolute atomic E-state index is 0.655. The van der Waals surface area contributed by atoms with E-state index < -0.39 is 0 Å². The lowest BCUT2D eigenvalue weighted by Crippen LogP contribution is -2.40. The van der Waals surface area contributed by atoms with Gasteiger partial charge in [0.1, 0.15) is 0 Å². The van der Waals surface area contributed by atoms with Gasteiger partial charge in [-0.05, 0) is 102 Å². The van der Waals surface area contributed by atoms with Crippen LogP contribution in [0.4, 0.5) is 0 Å². The predicted molar refractivity (Wildman–Crippen MR) is 210 cm³/mol. The van der Waals surface area contributed by atoms with Crippen molar-refractivity contribution in [2.75, 3.05) is 71.3 Å². The monoisotopic (exact) mass is 670 g/mol. The number of unbranched alkanes of at least 4 members (excludes halogenated alkanes) is 1. The summed E-state index contributed by atoms with van der Waals surface area (Å²) in [6.07, 6.45) is 24.8. The molecule has 0 heterocycles. The van der Waals surface area contributed by atoms with Gasteiger partial charge in [0.25, 0.3) is 0 Å². The van der Waals surface area contributed by atoms with Gasteiger partial charge in [0, 0.05) is 70.0 Å². The van der Waals surface area contributed by atoms with E-state index in [9.17, 15) is 0 Å². The summed E-state index contributed by atoms with van der Waals surface area (Å²) in [5, 5.41) is 7.36. The summed E-state index contributed by atoms with van der Waals surface area (Å²) >= 11 is 5.89. The van der Waals surface area contributed by atoms with E-state index >= 15 is 0 Å². The predicted octanol–water partition coefficient (Wildman–Crippen LogP) is 8.31. The second kappa shape index (κ2) is 29.1. The van der Waals surface area contributed by atoms with Crippen LogP contribution in [0.1, 0.15) is 98.8 Å². The SMILES string of the molecule is C=CC#C/C=C(\N)CNCCN(CCNCC(CC/C=C\C)C(C)CC)CC1=CCC(CN(CC)CC/C(=C/CCCCl)CC)CC1. The molecular weight excluding hydrogens is 598 g/mol. The van der Waals surface area contributed by atoms with Gasteiger partial charge in [-0.2, -0.15) is 0 Å². The zero-order valence-corrected chi connectivity index (χ0v) is 31.9. The van der Waals surface area contributed by atoms with Gasteiger partial charge < -0.3 is 21.3 Å². The van der Waals surface area contributed by atoms with E-state index in [1.54, 1.807) is 23.3 Å². The number of alkyl halides is 1. The van der Waals surface area contributed by atoms with Gasteiger partial charge in [-0.25, -0.2) is 0 Å². The van der Waals surface area contributed by atoms with Gasteiger partial charge in [0.2, 0.25) is 0 Å². The molecule has 0 aromatic rings. The quantitative estimate of drug-likeness (QED) is 0.0356. The van der Waals surface area contributed by atoms with Gasteiger partial charge in [0.05, 0.1) is 0 Å². The second-order valence-electron chi connectivity index (χ2n) is 13.4. The Hall–Kier alpha value is -1.81. The summed E-state index contributed by atoms with van der Waals surface area (Å²) < 4.78 is 0. The third-order valence-corrected chi connectivity index (χ3v) is 10.0. The summed E-state index contributed by atoms with van der Waals surface area (Å²) in [6.45, 7) is 25.4. The molecule has 0 saturated carbocycles. The van der Waals surface area contributed by atoms with Crippen LogP contribution in [0.15, 0.2) is 59.9 Å². The van der Waals surface area contributed by atoms with Crippen molar-refractivity contribution in [2.45, 2.75) is 98.8 Å². The fourth-order valence-electron chi connectivity index (χ4n) is 6.30. The Balaban J connectivity index is 2.70. The van der Waals surface area contributed by atoms with Crippen molar-refractivity contribution < 1.29 is 0 Å². The Morgan fingerprint density at radius 2 is 1.91 bits per heavy atom. The largest absolute Gasteiger partial charge is 0.400 e. The van der Waals surface area contributed by atoms with Crippen LogP contribution in [-0.4, -0.2) is 81.1 Å². The Morgan fingerprint density at radius 3 is 2.55 bits per heavy atom. The van der Waals surface area contributed by atoms with Gasteiger partial charge in [-0.15, -0.1) is 11.6 Å². The average Bonchev–Trinajstić information content (AvgIpc) is 3.08. The Morgan fingerprint density at radius 1 is 1.13 bits per heavy atom. The maximum Gasteiger partial charge on any atom is 0.0358 e. The molecule has 0 radical (unpaired) electrons. The van der Waals surface area contributed by atoms with Crippen LogP contribution in [-0.2, 0) is 0 Å². The Labute approximate surface area is 296 Å². The molecule has 0 spiro atoms. The normalized spacial score (nSPS) is 17.2. The molecule has 0 saturated heterocycles. The molecular formula is C41H72ClN5. The number of nitrogens with one attached hydrogen (secondary N) is 2. The molecule has 3 unspecified atom stereocenters. The maximum atomic E-state index is 6.12. The van der Waals surface area contributed by atoms with Crippen LogP contribution in [0, 0.1) is 29.6 Å². The molecule has 0 aromatic heterocycles. The molecule has 47 heavy (non-hydrogen) atoms. The van der Waals surface area contributed by atoms with E-state index in [0.717, 1.165) is 94.4 Å². The zero-order valence-electron chi connectivity index (χ0n) is 31.1. The number of hydrogen-bond acceptors (Lipinski definition) is 5. The molecule has 0 bridgehead atoms. The smallest absolute Gasteiger partial charge is 0.0358 e. The van der Waals surface area contributed by atoms with Crippen molar-refractivity contribution in [1.82, 2.24) is 20.4 Å². The fourth-order valence-corrected chi connectivity index (χ4v) is 6.45. The molecule has 5 nitrogen and oxygen atoms in total. The summed E-state index contributed by atoms with van der Waals surface area (Å²) in [6, 6.07) is 0. The lowest BCUT2D eigenvalue weighted by Gasteiger charge is -2.31. The minimum atomic E-state index is 0.655. The topological polar surface area (TPSA) is 56.6 Å². The van der Waals surface area contributed by atoms with E-state index in [1.807, 2.05) is 0 Å². The molecule has 1 aliphatic carbocycles. The van der Waals surface area contributed by atoms with Gasteiger partial charge in [-0.3, -0.25) is 4.90 Å². The highest BCUT2D eigenvalue weighted by atomic mass is 35.5. The van der Waals surface area contributed by atoms with E-state index in [0.29, 0.717) is 6.54 Å².